The van der Waals surface area contributed by atoms with Gasteiger partial charge in [-0.15, -0.1) is 0 Å². The lowest BCUT2D eigenvalue weighted by Gasteiger charge is -2.73. The van der Waals surface area contributed by atoms with Gasteiger partial charge in [-0.1, -0.05) is 61.8 Å². The highest BCUT2D eigenvalue weighted by atomic mass is 16.5. The van der Waals surface area contributed by atoms with Crippen LogP contribution in [0.25, 0.3) is 0 Å². The van der Waals surface area contributed by atoms with Crippen molar-refractivity contribution in [2.75, 3.05) is 13.2 Å². The minimum absolute atomic E-state index is 0.332. The van der Waals surface area contributed by atoms with Crippen molar-refractivity contribution in [3.8, 4) is 0 Å². The number of hydrogen-bond acceptors (Lipinski definition) is 8. The number of rotatable bonds is 10. The van der Waals surface area contributed by atoms with Crippen LogP contribution in [0.15, 0.2) is 0 Å². The van der Waals surface area contributed by atoms with E-state index in [-0.39, 0.29) is 6.61 Å². The van der Waals surface area contributed by atoms with Gasteiger partial charge in [-0.2, -0.15) is 0 Å². The minimum atomic E-state index is -1.40. The van der Waals surface area contributed by atoms with Crippen LogP contribution in [-0.2, 0) is 4.74 Å². The van der Waals surface area contributed by atoms with Gasteiger partial charge in [0.05, 0.1) is 43.7 Å². The molecule has 6 rings (SSSR count). The lowest BCUT2D eigenvalue weighted by Crippen LogP contribution is -2.65. The molecule has 50 heavy (non-hydrogen) atoms. The van der Waals surface area contributed by atoms with Crippen molar-refractivity contribution in [2.24, 2.45) is 73.7 Å². The van der Waals surface area contributed by atoms with Crippen LogP contribution in [0.4, 0.5) is 0 Å². The molecule has 0 spiro atoms. The molecule has 0 aromatic rings. The van der Waals surface area contributed by atoms with Crippen molar-refractivity contribution in [2.45, 2.75) is 182 Å². The Bertz CT molecular complexity index is 1220. The standard InChI is InChI=1S/C42H75NO7/c1-24(10-11-27(45)33(47)28(46)22-50-36-32(43)34(48)35(49)40(36,6)23-44)25-14-19-38(4)26(25)15-20-41(7)30(38)12-13-31-39(5)18-9-17-37(2,3)29(39)16-21-42(31,41)8/h24-36,44-49H,9-23,43H2,1-8H3/t24-,25-,26+,27-,28+,29+,30-,31-,32-,33-,34-,35+,36+,38+,39+,40+,41-,42-/m1/s1. The summed E-state index contributed by atoms with van der Waals surface area (Å²) in [5, 5.41) is 63.1. The topological polar surface area (TPSA) is 157 Å². The first-order valence-corrected chi connectivity index (χ1v) is 20.6. The first-order valence-electron chi connectivity index (χ1n) is 20.6. The fourth-order valence-electron chi connectivity index (χ4n) is 15.3. The van der Waals surface area contributed by atoms with E-state index < -0.39 is 54.7 Å². The van der Waals surface area contributed by atoms with Gasteiger partial charge in [0, 0.05) is 5.41 Å². The Labute approximate surface area is 303 Å². The van der Waals surface area contributed by atoms with Crippen LogP contribution in [0.3, 0.4) is 0 Å². The van der Waals surface area contributed by atoms with Crippen LogP contribution in [0, 0.1) is 68.0 Å². The number of aliphatic hydroxyl groups is 6. The van der Waals surface area contributed by atoms with E-state index >= 15 is 0 Å². The smallest absolute Gasteiger partial charge is 0.108 e. The van der Waals surface area contributed by atoms with E-state index in [2.05, 4.69) is 48.5 Å². The average Bonchev–Trinajstić information content (AvgIpc) is 3.49. The van der Waals surface area contributed by atoms with Gasteiger partial charge in [0.1, 0.15) is 12.2 Å². The minimum Gasteiger partial charge on any atom is -0.396 e. The molecule has 0 aromatic heterocycles. The van der Waals surface area contributed by atoms with Gasteiger partial charge in [-0.25, -0.2) is 0 Å². The third kappa shape index (κ3) is 5.73. The van der Waals surface area contributed by atoms with Gasteiger partial charge < -0.3 is 41.1 Å². The van der Waals surface area contributed by atoms with E-state index in [9.17, 15) is 30.6 Å². The molecular weight excluding hydrogens is 630 g/mol. The van der Waals surface area contributed by atoms with Gasteiger partial charge >= 0.3 is 0 Å². The highest BCUT2D eigenvalue weighted by molar-refractivity contribution is 5.19. The molecule has 0 aliphatic heterocycles. The normalized spacial score (nSPS) is 52.3. The SMILES string of the molecule is C[C@H](CC[C@@H](O)[C@@H](O)[C@@H](O)CO[C@H]1[C@H](N)[C@@H](O)[C@H](O)[C@]1(C)CO)[C@H]1CC[C@]2(C)[C@H]3CC[C@@H]4[C@@]5(C)CCCC(C)(C)[C@@H]5CC[C@@]4(C)[C@]3(C)CC[C@@H]12. The van der Waals surface area contributed by atoms with Crippen molar-refractivity contribution in [3.05, 3.63) is 0 Å². The van der Waals surface area contributed by atoms with E-state index in [4.69, 9.17) is 10.5 Å². The molecule has 18 atom stereocenters. The molecule has 6 aliphatic carbocycles. The summed E-state index contributed by atoms with van der Waals surface area (Å²) in [5.41, 5.74) is 6.90. The van der Waals surface area contributed by atoms with Crippen molar-refractivity contribution < 1.29 is 35.4 Å². The predicted octanol–water partition coefficient (Wildman–Crippen LogP) is 5.42. The van der Waals surface area contributed by atoms with Gasteiger partial charge in [0.2, 0.25) is 0 Å². The van der Waals surface area contributed by atoms with E-state index in [0.717, 1.165) is 24.2 Å². The summed E-state index contributed by atoms with van der Waals surface area (Å²) < 4.78 is 5.78. The molecule has 6 saturated carbocycles. The lowest BCUT2D eigenvalue weighted by molar-refractivity contribution is -0.241. The van der Waals surface area contributed by atoms with E-state index in [1.807, 2.05) is 0 Å². The maximum Gasteiger partial charge on any atom is 0.108 e. The molecule has 290 valence electrons. The number of nitrogens with two attached hydrogens (primary N) is 1. The maximum absolute atomic E-state index is 11.0. The molecule has 0 bridgehead atoms. The van der Waals surface area contributed by atoms with E-state index in [1.54, 1.807) is 6.92 Å². The molecular formula is C42H75NO7. The predicted molar refractivity (Wildman–Crippen MR) is 196 cm³/mol. The molecule has 6 aliphatic rings. The van der Waals surface area contributed by atoms with E-state index in [0.29, 0.717) is 51.2 Å². The van der Waals surface area contributed by atoms with Crippen LogP contribution < -0.4 is 5.73 Å². The van der Waals surface area contributed by atoms with Crippen molar-refractivity contribution >= 4 is 0 Å². The summed E-state index contributed by atoms with van der Waals surface area (Å²) in [5.74, 6) is 4.15. The Kier molecular flexibility index (Phi) is 10.6. The van der Waals surface area contributed by atoms with Gasteiger partial charge in [0.15, 0.2) is 0 Å². The summed E-state index contributed by atoms with van der Waals surface area (Å²) in [6.45, 7) is 19.1. The summed E-state index contributed by atoms with van der Waals surface area (Å²) >= 11 is 0. The number of aliphatic hydroxyl groups excluding tert-OH is 6. The fraction of sp³-hybridized carbons (Fsp3) is 1.00. The van der Waals surface area contributed by atoms with E-state index in [1.165, 1.54) is 70.6 Å². The van der Waals surface area contributed by atoms with Crippen LogP contribution in [0.2, 0.25) is 0 Å². The first-order chi connectivity index (χ1) is 23.2. The Balaban J connectivity index is 1.06. The second kappa shape index (κ2) is 13.5. The second-order valence-electron chi connectivity index (χ2n) is 20.9. The lowest BCUT2D eigenvalue weighted by atomic mass is 9.32. The Morgan fingerprint density at radius 1 is 0.720 bits per heavy atom. The van der Waals surface area contributed by atoms with Crippen molar-refractivity contribution in [1.29, 1.82) is 0 Å². The molecule has 0 heterocycles. The van der Waals surface area contributed by atoms with Crippen LogP contribution in [0.1, 0.15) is 139 Å². The van der Waals surface area contributed by atoms with Crippen molar-refractivity contribution in [1.82, 2.24) is 0 Å². The highest BCUT2D eigenvalue weighted by Crippen LogP contribution is 2.78. The molecule has 6 fully saturated rings. The summed E-state index contributed by atoms with van der Waals surface area (Å²) in [6, 6.07) is -0.951. The molecule has 8 heteroatoms. The molecule has 0 unspecified atom stereocenters. The molecule has 8 nitrogen and oxygen atoms in total. The highest BCUT2D eigenvalue weighted by Gasteiger charge is 2.70. The van der Waals surface area contributed by atoms with Gasteiger partial charge in [-0.3, -0.25) is 0 Å². The molecule has 8 N–H and O–H groups in total. The van der Waals surface area contributed by atoms with Crippen molar-refractivity contribution in [3.63, 3.8) is 0 Å². The molecule has 0 aromatic carbocycles. The van der Waals surface area contributed by atoms with Crippen LogP contribution >= 0.6 is 0 Å². The average molecular weight is 706 g/mol. The quantitative estimate of drug-likeness (QED) is 0.159. The number of hydrogen-bond donors (Lipinski definition) is 7. The zero-order valence-corrected chi connectivity index (χ0v) is 32.8. The van der Waals surface area contributed by atoms with Crippen LogP contribution in [-0.4, -0.2) is 86.5 Å². The third-order valence-electron chi connectivity index (χ3n) is 18.4. The summed E-state index contributed by atoms with van der Waals surface area (Å²) in [4.78, 5) is 0. The molecule has 0 amide bonds. The number of fused-ring (bicyclic) bond motifs is 7. The Morgan fingerprint density at radius 2 is 1.34 bits per heavy atom. The van der Waals surface area contributed by atoms with Crippen LogP contribution in [0.5, 0.6) is 0 Å². The van der Waals surface area contributed by atoms with Gasteiger partial charge in [0.25, 0.3) is 0 Å². The number of ether oxygens (including phenoxy) is 1. The largest absolute Gasteiger partial charge is 0.396 e. The fourth-order valence-corrected chi connectivity index (χ4v) is 15.3. The molecule has 0 saturated heterocycles. The monoisotopic (exact) mass is 706 g/mol. The zero-order valence-electron chi connectivity index (χ0n) is 32.8. The summed E-state index contributed by atoms with van der Waals surface area (Å²) in [6.07, 6.45) is 8.76. The molecule has 0 radical (unpaired) electrons. The summed E-state index contributed by atoms with van der Waals surface area (Å²) in [7, 11) is 0. The van der Waals surface area contributed by atoms with Gasteiger partial charge in [-0.05, 0) is 140 Å². The zero-order chi connectivity index (χ0) is 36.8. The maximum atomic E-state index is 11.0. The third-order valence-corrected chi connectivity index (χ3v) is 18.4. The Morgan fingerprint density at radius 3 is 1.98 bits per heavy atom. The first kappa shape index (κ1) is 39.4. The Hall–Kier alpha value is -0.320. The second-order valence-corrected chi connectivity index (χ2v) is 20.9.